The third-order valence-corrected chi connectivity index (χ3v) is 4.56. The number of aromatic nitrogens is 2. The molecule has 21 heavy (non-hydrogen) atoms. The number of likely N-dealkylation sites (tertiary alicyclic amines) is 1. The third-order valence-electron chi connectivity index (χ3n) is 4.56. The van der Waals surface area contributed by atoms with Crippen molar-refractivity contribution in [2.75, 3.05) is 26.7 Å². The van der Waals surface area contributed by atoms with Gasteiger partial charge in [0.15, 0.2) is 0 Å². The van der Waals surface area contributed by atoms with Gasteiger partial charge in [-0.25, -0.2) is 0 Å². The van der Waals surface area contributed by atoms with Gasteiger partial charge in [0.05, 0.1) is 6.20 Å². The maximum atomic E-state index is 12.3. The van der Waals surface area contributed by atoms with E-state index in [1.807, 2.05) is 24.3 Å². The van der Waals surface area contributed by atoms with Crippen LogP contribution in [0.15, 0.2) is 12.4 Å². The lowest BCUT2D eigenvalue weighted by Gasteiger charge is -2.34. The number of H-pyrrole nitrogens is 1. The van der Waals surface area contributed by atoms with Crippen LogP contribution in [0.25, 0.3) is 0 Å². The second kappa shape index (κ2) is 7.59. The lowest BCUT2D eigenvalue weighted by atomic mass is 9.92. The lowest BCUT2D eigenvalue weighted by molar-refractivity contribution is -0.131. The van der Waals surface area contributed by atoms with Gasteiger partial charge in [-0.15, -0.1) is 0 Å². The van der Waals surface area contributed by atoms with Crippen molar-refractivity contribution in [3.05, 3.63) is 18.0 Å². The molecule has 0 aliphatic carbocycles. The fourth-order valence-electron chi connectivity index (χ4n) is 2.91. The molecule has 1 saturated heterocycles. The Morgan fingerprint density at radius 1 is 1.48 bits per heavy atom. The molecule has 2 heterocycles. The highest BCUT2D eigenvalue weighted by molar-refractivity contribution is 5.76. The standard InChI is InChI=1S/C16H28N4O/c1-13(2)20-8-5-14(6-9-20)10-16(21)19(3)7-4-15-11-17-18-12-15/h11-14H,4-10H2,1-3H3,(H,17,18). The van der Waals surface area contributed by atoms with Crippen molar-refractivity contribution < 1.29 is 4.79 Å². The van der Waals surface area contributed by atoms with Gasteiger partial charge in [0.1, 0.15) is 0 Å². The van der Waals surface area contributed by atoms with Crippen LogP contribution in [-0.2, 0) is 11.2 Å². The average Bonchev–Trinajstić information content (AvgIpc) is 2.98. The first-order valence-electron chi connectivity index (χ1n) is 8.02. The molecule has 1 aromatic heterocycles. The topological polar surface area (TPSA) is 52.2 Å². The Balaban J connectivity index is 1.69. The van der Waals surface area contributed by atoms with E-state index in [1.165, 1.54) is 0 Å². The van der Waals surface area contributed by atoms with Gasteiger partial charge >= 0.3 is 0 Å². The zero-order chi connectivity index (χ0) is 15.2. The van der Waals surface area contributed by atoms with Crippen LogP contribution in [0.1, 0.15) is 38.7 Å². The second-order valence-corrected chi connectivity index (χ2v) is 6.45. The Morgan fingerprint density at radius 2 is 2.19 bits per heavy atom. The fraction of sp³-hybridized carbons (Fsp3) is 0.750. The van der Waals surface area contributed by atoms with E-state index in [9.17, 15) is 4.79 Å². The Morgan fingerprint density at radius 3 is 2.76 bits per heavy atom. The number of hydrogen-bond acceptors (Lipinski definition) is 3. The highest BCUT2D eigenvalue weighted by Crippen LogP contribution is 2.22. The molecule has 0 unspecified atom stereocenters. The van der Waals surface area contributed by atoms with Crippen molar-refractivity contribution in [2.45, 2.75) is 45.6 Å². The van der Waals surface area contributed by atoms with Crippen LogP contribution >= 0.6 is 0 Å². The first-order valence-corrected chi connectivity index (χ1v) is 8.02. The summed E-state index contributed by atoms with van der Waals surface area (Å²) in [5, 5.41) is 6.73. The van der Waals surface area contributed by atoms with Gasteiger partial charge in [0, 0.05) is 32.3 Å². The molecule has 0 atom stereocenters. The third kappa shape index (κ3) is 4.84. The number of aromatic amines is 1. The number of likely N-dealkylation sites (N-methyl/N-ethyl adjacent to an activating group) is 1. The van der Waals surface area contributed by atoms with E-state index in [-0.39, 0.29) is 5.91 Å². The second-order valence-electron chi connectivity index (χ2n) is 6.45. The van der Waals surface area contributed by atoms with Gasteiger partial charge < -0.3 is 9.80 Å². The van der Waals surface area contributed by atoms with E-state index in [1.54, 1.807) is 0 Å². The van der Waals surface area contributed by atoms with Gasteiger partial charge in [-0.1, -0.05) is 0 Å². The molecule has 5 heteroatoms. The van der Waals surface area contributed by atoms with Gasteiger partial charge in [-0.2, -0.15) is 5.10 Å². The average molecular weight is 292 g/mol. The van der Waals surface area contributed by atoms with Crippen molar-refractivity contribution in [1.82, 2.24) is 20.0 Å². The summed E-state index contributed by atoms with van der Waals surface area (Å²) in [5.41, 5.74) is 1.15. The van der Waals surface area contributed by atoms with Crippen LogP contribution in [0, 0.1) is 5.92 Å². The Hall–Kier alpha value is -1.36. The molecule has 0 bridgehead atoms. The summed E-state index contributed by atoms with van der Waals surface area (Å²) in [4.78, 5) is 16.6. The van der Waals surface area contributed by atoms with E-state index < -0.39 is 0 Å². The van der Waals surface area contributed by atoms with Crippen molar-refractivity contribution in [3.8, 4) is 0 Å². The summed E-state index contributed by atoms with van der Waals surface area (Å²) in [6, 6.07) is 0.624. The summed E-state index contributed by atoms with van der Waals surface area (Å²) in [6.07, 6.45) is 7.58. The molecule has 1 N–H and O–H groups in total. The van der Waals surface area contributed by atoms with Crippen molar-refractivity contribution >= 4 is 5.91 Å². The van der Waals surface area contributed by atoms with Crippen molar-refractivity contribution in [3.63, 3.8) is 0 Å². The van der Waals surface area contributed by atoms with Gasteiger partial charge in [-0.3, -0.25) is 9.89 Å². The van der Waals surface area contributed by atoms with Gasteiger partial charge in [0.2, 0.25) is 5.91 Å². The predicted molar refractivity (Wildman–Crippen MR) is 84.0 cm³/mol. The predicted octanol–water partition coefficient (Wildman–Crippen LogP) is 1.92. The number of amides is 1. The zero-order valence-corrected chi connectivity index (χ0v) is 13.5. The van der Waals surface area contributed by atoms with Crippen LogP contribution in [0.2, 0.25) is 0 Å². The van der Waals surface area contributed by atoms with E-state index >= 15 is 0 Å². The number of carbonyl (C=O) groups is 1. The normalized spacial score (nSPS) is 17.3. The minimum absolute atomic E-state index is 0.279. The van der Waals surface area contributed by atoms with Crippen LogP contribution < -0.4 is 0 Å². The minimum Gasteiger partial charge on any atom is -0.345 e. The highest BCUT2D eigenvalue weighted by Gasteiger charge is 2.23. The molecule has 5 nitrogen and oxygen atoms in total. The molecule has 0 saturated carbocycles. The molecular weight excluding hydrogens is 264 g/mol. The van der Waals surface area contributed by atoms with Crippen LogP contribution in [-0.4, -0.2) is 58.6 Å². The van der Waals surface area contributed by atoms with Gasteiger partial charge in [-0.05, 0) is 57.7 Å². The van der Waals surface area contributed by atoms with Crippen molar-refractivity contribution in [2.24, 2.45) is 5.92 Å². The quantitative estimate of drug-likeness (QED) is 0.871. The van der Waals surface area contributed by atoms with E-state index in [2.05, 4.69) is 28.9 Å². The van der Waals surface area contributed by atoms with E-state index in [4.69, 9.17) is 0 Å². The summed E-state index contributed by atoms with van der Waals surface area (Å²) in [7, 11) is 1.91. The monoisotopic (exact) mass is 292 g/mol. The van der Waals surface area contributed by atoms with Crippen LogP contribution in [0.4, 0.5) is 0 Å². The molecule has 1 aliphatic heterocycles. The maximum Gasteiger partial charge on any atom is 0.222 e. The first-order chi connectivity index (χ1) is 10.1. The minimum atomic E-state index is 0.279. The molecule has 0 spiro atoms. The SMILES string of the molecule is CC(C)N1CCC(CC(=O)N(C)CCc2cn[nH]c2)CC1. The van der Waals surface area contributed by atoms with E-state index in [0.717, 1.165) is 44.5 Å². The molecule has 0 aromatic carbocycles. The first kappa shape index (κ1) is 16.0. The zero-order valence-electron chi connectivity index (χ0n) is 13.5. The summed E-state index contributed by atoms with van der Waals surface area (Å²) in [5.74, 6) is 0.838. The lowest BCUT2D eigenvalue weighted by Crippen LogP contribution is -2.40. The Kier molecular flexibility index (Phi) is 5.79. The molecule has 1 fully saturated rings. The summed E-state index contributed by atoms with van der Waals surface area (Å²) >= 11 is 0. The molecule has 2 rings (SSSR count). The number of hydrogen-bond donors (Lipinski definition) is 1. The Bertz CT molecular complexity index is 421. The number of piperidine rings is 1. The van der Waals surface area contributed by atoms with Gasteiger partial charge in [0.25, 0.3) is 0 Å². The largest absolute Gasteiger partial charge is 0.345 e. The smallest absolute Gasteiger partial charge is 0.222 e. The van der Waals surface area contributed by atoms with Crippen LogP contribution in [0.3, 0.4) is 0 Å². The molecular formula is C16H28N4O. The Labute approximate surface area is 127 Å². The fourth-order valence-corrected chi connectivity index (χ4v) is 2.91. The number of carbonyl (C=O) groups excluding carboxylic acids is 1. The number of rotatable bonds is 6. The molecule has 118 valence electrons. The number of nitrogens with one attached hydrogen (secondary N) is 1. The van der Waals surface area contributed by atoms with E-state index in [0.29, 0.717) is 18.4 Å². The molecule has 1 aromatic rings. The summed E-state index contributed by atoms with van der Waals surface area (Å²) < 4.78 is 0. The molecule has 1 amide bonds. The molecule has 0 radical (unpaired) electrons. The maximum absolute atomic E-state index is 12.3. The summed E-state index contributed by atoms with van der Waals surface area (Å²) in [6.45, 7) is 7.52. The number of nitrogens with zero attached hydrogens (tertiary/aromatic N) is 3. The highest BCUT2D eigenvalue weighted by atomic mass is 16.2. The van der Waals surface area contributed by atoms with Crippen molar-refractivity contribution in [1.29, 1.82) is 0 Å². The van der Waals surface area contributed by atoms with Crippen LogP contribution in [0.5, 0.6) is 0 Å². The molecule has 1 aliphatic rings.